The van der Waals surface area contributed by atoms with Gasteiger partial charge in [0, 0.05) is 0 Å². The smallest absolute Gasteiger partial charge is 0.305 e. The number of rotatable bonds is 7. The highest BCUT2D eigenvalue weighted by molar-refractivity contribution is 5.84. The van der Waals surface area contributed by atoms with Gasteiger partial charge in [0.15, 0.2) is 0 Å². The minimum Gasteiger partial charge on any atom is -0.497 e. The number of methoxy groups -OCH3 is 1. The normalized spacial score (nSPS) is 12.9. The number of ether oxygens (including phenoxy) is 1. The molecule has 0 radical (unpaired) electrons. The SMILES string of the molecule is COc1cccc(C(C)C(=O)NC(CC(=O)O)c2ccccc2)c1. The third-order valence-electron chi connectivity index (χ3n) is 3.88. The molecule has 126 valence electrons. The monoisotopic (exact) mass is 327 g/mol. The van der Waals surface area contributed by atoms with E-state index >= 15 is 0 Å². The van der Waals surface area contributed by atoms with Crippen LogP contribution in [-0.4, -0.2) is 24.1 Å². The number of carbonyl (C=O) groups excluding carboxylic acids is 1. The summed E-state index contributed by atoms with van der Waals surface area (Å²) < 4.78 is 5.18. The van der Waals surface area contributed by atoms with E-state index in [9.17, 15) is 9.59 Å². The van der Waals surface area contributed by atoms with Gasteiger partial charge in [0.25, 0.3) is 0 Å². The van der Waals surface area contributed by atoms with Crippen LogP contribution in [-0.2, 0) is 9.59 Å². The Kier molecular flexibility index (Phi) is 5.95. The Balaban J connectivity index is 2.15. The first-order valence-electron chi connectivity index (χ1n) is 7.72. The van der Waals surface area contributed by atoms with E-state index in [0.29, 0.717) is 5.75 Å². The van der Waals surface area contributed by atoms with Crippen LogP contribution in [0.1, 0.15) is 36.4 Å². The van der Waals surface area contributed by atoms with Crippen LogP contribution in [0.3, 0.4) is 0 Å². The molecule has 0 aliphatic carbocycles. The molecule has 1 amide bonds. The molecule has 24 heavy (non-hydrogen) atoms. The molecular formula is C19H21NO4. The zero-order valence-electron chi connectivity index (χ0n) is 13.7. The van der Waals surface area contributed by atoms with Crippen LogP contribution < -0.4 is 10.1 Å². The third kappa shape index (κ3) is 4.59. The maximum absolute atomic E-state index is 12.6. The van der Waals surface area contributed by atoms with Gasteiger partial charge in [-0.2, -0.15) is 0 Å². The predicted octanol–water partition coefficient (Wildman–Crippen LogP) is 3.13. The second kappa shape index (κ2) is 8.15. The lowest BCUT2D eigenvalue weighted by Gasteiger charge is -2.20. The fourth-order valence-electron chi connectivity index (χ4n) is 2.47. The van der Waals surface area contributed by atoms with Crippen molar-refractivity contribution in [2.45, 2.75) is 25.3 Å². The van der Waals surface area contributed by atoms with Gasteiger partial charge in [-0.1, -0.05) is 42.5 Å². The van der Waals surface area contributed by atoms with Crippen molar-refractivity contribution in [1.82, 2.24) is 5.32 Å². The van der Waals surface area contributed by atoms with Crippen LogP contribution in [0.15, 0.2) is 54.6 Å². The zero-order chi connectivity index (χ0) is 17.5. The molecule has 5 nitrogen and oxygen atoms in total. The number of aliphatic carboxylic acids is 1. The standard InChI is InChI=1S/C19H21NO4/c1-13(15-9-6-10-16(11-15)24-2)19(23)20-17(12-18(21)22)14-7-4-3-5-8-14/h3-11,13,17H,12H2,1-2H3,(H,20,23)(H,21,22). The Labute approximate surface area is 141 Å². The van der Waals surface area contributed by atoms with Gasteiger partial charge < -0.3 is 15.2 Å². The molecule has 2 unspecified atom stereocenters. The molecule has 0 fully saturated rings. The zero-order valence-corrected chi connectivity index (χ0v) is 13.7. The number of carbonyl (C=O) groups is 2. The van der Waals surface area contributed by atoms with E-state index in [1.54, 1.807) is 20.1 Å². The first-order chi connectivity index (χ1) is 11.5. The third-order valence-corrected chi connectivity index (χ3v) is 3.88. The van der Waals surface area contributed by atoms with E-state index < -0.39 is 17.9 Å². The van der Waals surface area contributed by atoms with E-state index in [0.717, 1.165) is 11.1 Å². The van der Waals surface area contributed by atoms with Crippen molar-refractivity contribution in [3.63, 3.8) is 0 Å². The fourth-order valence-corrected chi connectivity index (χ4v) is 2.47. The van der Waals surface area contributed by atoms with Gasteiger partial charge >= 0.3 is 5.97 Å². The number of hydrogen-bond acceptors (Lipinski definition) is 3. The van der Waals surface area contributed by atoms with E-state index in [1.807, 2.05) is 48.5 Å². The maximum Gasteiger partial charge on any atom is 0.305 e. The molecule has 0 aliphatic rings. The number of carboxylic acid groups (broad SMARTS) is 1. The highest BCUT2D eigenvalue weighted by Gasteiger charge is 2.22. The molecule has 0 bridgehead atoms. The summed E-state index contributed by atoms with van der Waals surface area (Å²) in [6.45, 7) is 1.78. The van der Waals surface area contributed by atoms with Gasteiger partial charge in [-0.15, -0.1) is 0 Å². The number of benzene rings is 2. The Morgan fingerprint density at radius 2 is 1.75 bits per heavy atom. The summed E-state index contributed by atoms with van der Waals surface area (Å²) in [7, 11) is 1.57. The molecule has 0 saturated heterocycles. The largest absolute Gasteiger partial charge is 0.497 e. The topological polar surface area (TPSA) is 75.6 Å². The minimum atomic E-state index is -0.960. The average Bonchev–Trinajstić information content (AvgIpc) is 2.60. The molecule has 2 aromatic rings. The summed E-state index contributed by atoms with van der Waals surface area (Å²) in [5, 5.41) is 12.0. The van der Waals surface area contributed by atoms with Gasteiger partial charge in [-0.25, -0.2) is 0 Å². The predicted molar refractivity (Wildman–Crippen MR) is 91.0 cm³/mol. The lowest BCUT2D eigenvalue weighted by atomic mass is 9.98. The molecular weight excluding hydrogens is 306 g/mol. The van der Waals surface area contributed by atoms with Crippen molar-refractivity contribution in [3.05, 3.63) is 65.7 Å². The molecule has 2 rings (SSSR count). The van der Waals surface area contributed by atoms with Crippen molar-refractivity contribution < 1.29 is 19.4 Å². The Bertz CT molecular complexity index is 700. The van der Waals surface area contributed by atoms with Crippen LogP contribution in [0.25, 0.3) is 0 Å². The van der Waals surface area contributed by atoms with Crippen LogP contribution in [0.2, 0.25) is 0 Å². The van der Waals surface area contributed by atoms with Crippen molar-refractivity contribution in [1.29, 1.82) is 0 Å². The van der Waals surface area contributed by atoms with Gasteiger partial charge in [0.05, 0.1) is 25.5 Å². The molecule has 0 aliphatic heterocycles. The van der Waals surface area contributed by atoms with Crippen LogP contribution >= 0.6 is 0 Å². The van der Waals surface area contributed by atoms with Crippen molar-refractivity contribution >= 4 is 11.9 Å². The minimum absolute atomic E-state index is 0.166. The second-order valence-corrected chi connectivity index (χ2v) is 5.57. The highest BCUT2D eigenvalue weighted by atomic mass is 16.5. The fraction of sp³-hybridized carbons (Fsp3) is 0.263. The molecule has 0 heterocycles. The molecule has 0 spiro atoms. The summed E-state index contributed by atoms with van der Waals surface area (Å²) in [5.41, 5.74) is 1.58. The Hall–Kier alpha value is -2.82. The number of amides is 1. The van der Waals surface area contributed by atoms with E-state index in [2.05, 4.69) is 5.32 Å². The van der Waals surface area contributed by atoms with Gasteiger partial charge in [-0.05, 0) is 30.2 Å². The molecule has 0 saturated carbocycles. The first kappa shape index (κ1) is 17.5. The summed E-state index contributed by atoms with van der Waals surface area (Å²) in [5.74, 6) is -0.922. The number of carboxylic acids is 1. The second-order valence-electron chi connectivity index (χ2n) is 5.57. The maximum atomic E-state index is 12.6. The molecule has 2 atom stereocenters. The number of nitrogens with one attached hydrogen (secondary N) is 1. The van der Waals surface area contributed by atoms with E-state index in [1.165, 1.54) is 0 Å². The van der Waals surface area contributed by atoms with Gasteiger partial charge in [-0.3, -0.25) is 9.59 Å². The quantitative estimate of drug-likeness (QED) is 0.819. The lowest BCUT2D eigenvalue weighted by molar-refractivity contribution is -0.137. The Morgan fingerprint density at radius 3 is 2.38 bits per heavy atom. The van der Waals surface area contributed by atoms with Crippen LogP contribution in [0, 0.1) is 0 Å². The first-order valence-corrected chi connectivity index (χ1v) is 7.72. The number of hydrogen-bond donors (Lipinski definition) is 2. The summed E-state index contributed by atoms with van der Waals surface area (Å²) >= 11 is 0. The average molecular weight is 327 g/mol. The van der Waals surface area contributed by atoms with Gasteiger partial charge in [0.1, 0.15) is 5.75 Å². The summed E-state index contributed by atoms with van der Waals surface area (Å²) in [6.07, 6.45) is -0.166. The van der Waals surface area contributed by atoms with Crippen LogP contribution in [0.5, 0.6) is 5.75 Å². The lowest BCUT2D eigenvalue weighted by Crippen LogP contribution is -2.33. The molecule has 2 aromatic carbocycles. The van der Waals surface area contributed by atoms with Crippen molar-refractivity contribution in [2.75, 3.05) is 7.11 Å². The van der Waals surface area contributed by atoms with Crippen molar-refractivity contribution in [3.8, 4) is 5.75 Å². The van der Waals surface area contributed by atoms with E-state index in [-0.39, 0.29) is 12.3 Å². The van der Waals surface area contributed by atoms with Gasteiger partial charge in [0.2, 0.25) is 5.91 Å². The Morgan fingerprint density at radius 1 is 1.08 bits per heavy atom. The van der Waals surface area contributed by atoms with E-state index in [4.69, 9.17) is 9.84 Å². The van der Waals surface area contributed by atoms with Crippen LogP contribution in [0.4, 0.5) is 0 Å². The molecule has 5 heteroatoms. The highest BCUT2D eigenvalue weighted by Crippen LogP contribution is 2.23. The van der Waals surface area contributed by atoms with Crippen molar-refractivity contribution in [2.24, 2.45) is 0 Å². The molecule has 2 N–H and O–H groups in total. The summed E-state index contributed by atoms with van der Waals surface area (Å²) in [6, 6.07) is 15.8. The molecule has 0 aromatic heterocycles. The summed E-state index contributed by atoms with van der Waals surface area (Å²) in [4.78, 5) is 23.7.